The van der Waals surface area contributed by atoms with Crippen LogP contribution in [0.25, 0.3) is 5.95 Å². The van der Waals surface area contributed by atoms with E-state index in [1.54, 1.807) is 23.1 Å². The van der Waals surface area contributed by atoms with Crippen molar-refractivity contribution in [2.75, 3.05) is 11.9 Å². The van der Waals surface area contributed by atoms with E-state index in [0.29, 0.717) is 11.9 Å². The first-order chi connectivity index (χ1) is 8.98. The monoisotopic (exact) mass is 262 g/mol. The second-order valence-corrected chi connectivity index (χ2v) is 4.94. The normalized spacial score (nSPS) is 11.4. The maximum atomic E-state index is 5.68. The van der Waals surface area contributed by atoms with E-state index in [0.717, 1.165) is 6.54 Å². The van der Waals surface area contributed by atoms with Crippen LogP contribution in [0.5, 0.6) is 6.01 Å². The molecule has 2 aromatic rings. The Bertz CT molecular complexity index is 532. The molecule has 2 rings (SSSR count). The number of hydrogen-bond acceptors (Lipinski definition) is 6. The lowest BCUT2D eigenvalue weighted by Crippen LogP contribution is -2.25. The summed E-state index contributed by atoms with van der Waals surface area (Å²) in [5.41, 5.74) is -0.369. The maximum absolute atomic E-state index is 5.68. The van der Waals surface area contributed by atoms with Gasteiger partial charge in [-0.3, -0.25) is 0 Å². The van der Waals surface area contributed by atoms with Crippen LogP contribution in [0, 0.1) is 0 Å². The standard InChI is InChI=1S/C12H18N6O/c1-5-13-9-15-10(18-8-6-7-14-18)17-11(16-9)19-12(2,3)4/h6-8H,5H2,1-4H3,(H,13,15,16,17). The summed E-state index contributed by atoms with van der Waals surface area (Å²) in [6.07, 6.45) is 3.44. The summed E-state index contributed by atoms with van der Waals surface area (Å²) in [5, 5.41) is 7.16. The van der Waals surface area contributed by atoms with Crippen molar-refractivity contribution in [3.63, 3.8) is 0 Å². The van der Waals surface area contributed by atoms with Gasteiger partial charge in [-0.2, -0.15) is 20.1 Å². The molecule has 0 aliphatic rings. The minimum Gasteiger partial charge on any atom is -0.458 e. The number of aromatic nitrogens is 5. The van der Waals surface area contributed by atoms with E-state index in [1.807, 2.05) is 27.7 Å². The number of rotatable bonds is 4. The van der Waals surface area contributed by atoms with Crippen LogP contribution in [0.15, 0.2) is 18.5 Å². The Hall–Kier alpha value is -2.18. The fraction of sp³-hybridized carbons (Fsp3) is 0.500. The molecule has 0 aliphatic heterocycles. The Morgan fingerprint density at radius 3 is 2.63 bits per heavy atom. The van der Waals surface area contributed by atoms with Crippen LogP contribution >= 0.6 is 0 Å². The van der Waals surface area contributed by atoms with Gasteiger partial charge in [0.05, 0.1) is 0 Å². The molecule has 0 aliphatic carbocycles. The van der Waals surface area contributed by atoms with Crippen molar-refractivity contribution < 1.29 is 4.74 Å². The van der Waals surface area contributed by atoms with Gasteiger partial charge in [0.25, 0.3) is 5.95 Å². The highest BCUT2D eigenvalue weighted by Gasteiger charge is 2.16. The largest absolute Gasteiger partial charge is 0.458 e. The molecule has 102 valence electrons. The zero-order valence-corrected chi connectivity index (χ0v) is 11.6. The van der Waals surface area contributed by atoms with Crippen molar-refractivity contribution in [1.29, 1.82) is 0 Å². The second-order valence-electron chi connectivity index (χ2n) is 4.94. The van der Waals surface area contributed by atoms with Gasteiger partial charge < -0.3 is 10.1 Å². The lowest BCUT2D eigenvalue weighted by molar-refractivity contribution is 0.116. The van der Waals surface area contributed by atoms with Gasteiger partial charge in [0.1, 0.15) is 5.60 Å². The predicted molar refractivity (Wildman–Crippen MR) is 71.5 cm³/mol. The lowest BCUT2D eigenvalue weighted by atomic mass is 10.2. The van der Waals surface area contributed by atoms with Crippen LogP contribution in [-0.4, -0.2) is 36.9 Å². The maximum Gasteiger partial charge on any atom is 0.323 e. The minimum atomic E-state index is -0.369. The van der Waals surface area contributed by atoms with E-state index >= 15 is 0 Å². The molecule has 7 nitrogen and oxygen atoms in total. The fourth-order valence-electron chi connectivity index (χ4n) is 1.39. The summed E-state index contributed by atoms with van der Waals surface area (Å²) >= 11 is 0. The molecule has 0 aromatic carbocycles. The number of nitrogens with one attached hydrogen (secondary N) is 1. The average Bonchev–Trinajstić information content (AvgIpc) is 2.79. The van der Waals surface area contributed by atoms with Crippen LogP contribution in [0.2, 0.25) is 0 Å². The van der Waals surface area contributed by atoms with Crippen LogP contribution in [0.1, 0.15) is 27.7 Å². The first kappa shape index (κ1) is 13.3. The summed E-state index contributed by atoms with van der Waals surface area (Å²) in [6.45, 7) is 8.52. The van der Waals surface area contributed by atoms with Crippen LogP contribution in [0.3, 0.4) is 0 Å². The van der Waals surface area contributed by atoms with Crippen molar-refractivity contribution in [2.24, 2.45) is 0 Å². The molecule has 0 atom stereocenters. The Morgan fingerprint density at radius 1 is 1.26 bits per heavy atom. The molecule has 0 spiro atoms. The lowest BCUT2D eigenvalue weighted by Gasteiger charge is -2.19. The van der Waals surface area contributed by atoms with E-state index in [-0.39, 0.29) is 11.6 Å². The highest BCUT2D eigenvalue weighted by molar-refractivity contribution is 5.29. The third-order valence-electron chi connectivity index (χ3n) is 2.04. The van der Waals surface area contributed by atoms with Gasteiger partial charge in [0, 0.05) is 18.9 Å². The molecule has 1 N–H and O–H groups in total. The fourth-order valence-corrected chi connectivity index (χ4v) is 1.39. The summed E-state index contributed by atoms with van der Waals surface area (Å²) in [4.78, 5) is 12.8. The van der Waals surface area contributed by atoms with Crippen molar-refractivity contribution in [3.8, 4) is 12.0 Å². The number of anilines is 1. The quantitative estimate of drug-likeness (QED) is 0.903. The Kier molecular flexibility index (Phi) is 3.64. The topological polar surface area (TPSA) is 77.8 Å². The molecule has 0 unspecified atom stereocenters. The van der Waals surface area contributed by atoms with Gasteiger partial charge in [-0.05, 0) is 33.8 Å². The van der Waals surface area contributed by atoms with E-state index in [2.05, 4.69) is 25.4 Å². The van der Waals surface area contributed by atoms with Crippen LogP contribution in [0.4, 0.5) is 5.95 Å². The summed E-state index contributed by atoms with van der Waals surface area (Å²) in [5.74, 6) is 0.900. The van der Waals surface area contributed by atoms with Gasteiger partial charge in [0.15, 0.2) is 0 Å². The first-order valence-corrected chi connectivity index (χ1v) is 6.17. The van der Waals surface area contributed by atoms with E-state index < -0.39 is 0 Å². The average molecular weight is 262 g/mol. The second kappa shape index (κ2) is 5.21. The molecule has 0 radical (unpaired) electrons. The van der Waals surface area contributed by atoms with Crippen molar-refractivity contribution in [2.45, 2.75) is 33.3 Å². The molecule has 0 saturated carbocycles. The highest BCUT2D eigenvalue weighted by atomic mass is 16.5. The molecule has 0 fully saturated rings. The van der Waals surface area contributed by atoms with Crippen molar-refractivity contribution in [1.82, 2.24) is 24.7 Å². The van der Waals surface area contributed by atoms with Gasteiger partial charge in [0.2, 0.25) is 5.95 Å². The Labute approximate surface area is 112 Å². The molecule has 2 heterocycles. The molecular weight excluding hydrogens is 244 g/mol. The van der Waals surface area contributed by atoms with Gasteiger partial charge in [-0.15, -0.1) is 0 Å². The predicted octanol–water partition coefficient (Wildman–Crippen LogP) is 1.67. The SMILES string of the molecule is CCNc1nc(OC(C)(C)C)nc(-n2cccn2)n1. The summed E-state index contributed by atoms with van der Waals surface area (Å²) in [7, 11) is 0. The number of ether oxygens (including phenoxy) is 1. The van der Waals surface area contributed by atoms with Crippen LogP contribution in [-0.2, 0) is 0 Å². The Morgan fingerprint density at radius 2 is 2.05 bits per heavy atom. The molecule has 2 aromatic heterocycles. The summed E-state index contributed by atoms with van der Waals surface area (Å²) < 4.78 is 7.25. The summed E-state index contributed by atoms with van der Waals surface area (Å²) in [6, 6.07) is 2.09. The molecule has 0 amide bonds. The first-order valence-electron chi connectivity index (χ1n) is 6.17. The minimum absolute atomic E-state index is 0.281. The van der Waals surface area contributed by atoms with Crippen LogP contribution < -0.4 is 10.1 Å². The van der Waals surface area contributed by atoms with E-state index in [9.17, 15) is 0 Å². The highest BCUT2D eigenvalue weighted by Crippen LogP contribution is 2.16. The third-order valence-corrected chi connectivity index (χ3v) is 2.04. The molecule has 7 heteroatoms. The third kappa shape index (κ3) is 3.64. The molecule has 0 bridgehead atoms. The zero-order valence-electron chi connectivity index (χ0n) is 11.6. The number of nitrogens with zero attached hydrogens (tertiary/aromatic N) is 5. The molecule has 19 heavy (non-hydrogen) atoms. The van der Waals surface area contributed by atoms with Gasteiger partial charge >= 0.3 is 6.01 Å². The van der Waals surface area contributed by atoms with Gasteiger partial charge in [-0.1, -0.05) is 0 Å². The van der Waals surface area contributed by atoms with Gasteiger partial charge in [-0.25, -0.2) is 4.68 Å². The van der Waals surface area contributed by atoms with Crippen molar-refractivity contribution >= 4 is 5.95 Å². The van der Waals surface area contributed by atoms with E-state index in [4.69, 9.17) is 4.74 Å². The molecular formula is C12H18N6O. The van der Waals surface area contributed by atoms with Crippen molar-refractivity contribution in [3.05, 3.63) is 18.5 Å². The van der Waals surface area contributed by atoms with E-state index in [1.165, 1.54) is 0 Å². The number of hydrogen-bond donors (Lipinski definition) is 1. The zero-order chi connectivity index (χ0) is 13.9. The smallest absolute Gasteiger partial charge is 0.323 e. The molecule has 0 saturated heterocycles. The Balaban J connectivity index is 2.38.